The number of nitrogens with one attached hydrogen (secondary N) is 1. The van der Waals surface area contributed by atoms with Gasteiger partial charge in [-0.2, -0.15) is 10.2 Å². The van der Waals surface area contributed by atoms with E-state index in [9.17, 15) is 15.4 Å². The number of aromatic nitrogens is 1. The second kappa shape index (κ2) is 6.72. The van der Waals surface area contributed by atoms with Crippen molar-refractivity contribution in [2.75, 3.05) is 12.4 Å². The lowest BCUT2D eigenvalue weighted by atomic mass is 10.2. The first-order valence-corrected chi connectivity index (χ1v) is 7.17. The van der Waals surface area contributed by atoms with Gasteiger partial charge in [0.2, 0.25) is 17.5 Å². The quantitative estimate of drug-likeness (QED) is 0.555. The van der Waals surface area contributed by atoms with E-state index in [0.717, 1.165) is 0 Å². The van der Waals surface area contributed by atoms with Gasteiger partial charge in [0.15, 0.2) is 0 Å². The molecule has 3 rings (SSSR count). The number of hydrogen-bond acceptors (Lipinski definition) is 7. The largest absolute Gasteiger partial charge is 0.497 e. The van der Waals surface area contributed by atoms with Crippen molar-refractivity contribution in [2.24, 2.45) is 0 Å². The molecule has 0 fully saturated rings. The number of ether oxygens (including phenoxy) is 1. The molecule has 0 amide bonds. The van der Waals surface area contributed by atoms with Gasteiger partial charge >= 0.3 is 0 Å². The Morgan fingerprint density at radius 1 is 1.20 bits per heavy atom. The lowest BCUT2D eigenvalue weighted by Gasteiger charge is -2.04. The second-order valence-electron chi connectivity index (χ2n) is 4.97. The van der Waals surface area contributed by atoms with Gasteiger partial charge in [0, 0.05) is 23.4 Å². The minimum absolute atomic E-state index is 0.0348. The molecule has 0 aliphatic rings. The Labute approximate surface area is 142 Å². The van der Waals surface area contributed by atoms with Crippen LogP contribution >= 0.6 is 0 Å². The van der Waals surface area contributed by atoms with Crippen LogP contribution in [0.1, 0.15) is 5.69 Å². The number of anilines is 2. The van der Waals surface area contributed by atoms with Gasteiger partial charge in [-0.25, -0.2) is 0 Å². The molecule has 3 aromatic rings. The third-order valence-electron chi connectivity index (χ3n) is 3.41. The number of rotatable bonds is 5. The molecule has 0 unspecified atom stereocenters. The van der Waals surface area contributed by atoms with Crippen LogP contribution in [0.15, 0.2) is 52.9 Å². The highest BCUT2D eigenvalue weighted by Gasteiger charge is 2.16. The maximum Gasteiger partial charge on any atom is 0.269 e. The Hall–Kier alpha value is -3.86. The van der Waals surface area contributed by atoms with Crippen molar-refractivity contribution in [3.8, 4) is 23.3 Å². The first kappa shape index (κ1) is 16.0. The van der Waals surface area contributed by atoms with E-state index in [4.69, 9.17) is 9.15 Å². The van der Waals surface area contributed by atoms with Crippen LogP contribution in [0.25, 0.3) is 11.5 Å². The van der Waals surface area contributed by atoms with Gasteiger partial charge in [0.1, 0.15) is 11.8 Å². The van der Waals surface area contributed by atoms with Crippen LogP contribution in [0.3, 0.4) is 0 Å². The molecular formula is C17H12N4O4. The fourth-order valence-corrected chi connectivity index (χ4v) is 2.14. The molecule has 0 aliphatic carbocycles. The Morgan fingerprint density at radius 3 is 2.44 bits per heavy atom. The number of methoxy groups -OCH3 is 1. The standard InChI is InChI=1S/C17H12N4O4/c1-24-14-8-4-12(5-9-14)19-17-15(10-18)20-16(25-17)11-2-6-13(7-3-11)21(22)23/h2-9,19H,1H3. The second-order valence-corrected chi connectivity index (χ2v) is 4.97. The summed E-state index contributed by atoms with van der Waals surface area (Å²) >= 11 is 0. The molecule has 25 heavy (non-hydrogen) atoms. The number of hydrogen-bond donors (Lipinski definition) is 1. The van der Waals surface area contributed by atoms with E-state index in [1.165, 1.54) is 24.3 Å². The van der Waals surface area contributed by atoms with Crippen LogP contribution in [0, 0.1) is 21.4 Å². The molecule has 0 spiro atoms. The highest BCUT2D eigenvalue weighted by molar-refractivity contribution is 5.64. The molecule has 0 radical (unpaired) electrons. The number of benzene rings is 2. The first-order chi connectivity index (χ1) is 12.1. The zero-order valence-electron chi connectivity index (χ0n) is 13.1. The molecule has 0 saturated carbocycles. The van der Waals surface area contributed by atoms with E-state index in [2.05, 4.69) is 10.3 Å². The fraction of sp³-hybridized carbons (Fsp3) is 0.0588. The fourth-order valence-electron chi connectivity index (χ4n) is 2.14. The average molecular weight is 336 g/mol. The summed E-state index contributed by atoms with van der Waals surface area (Å²) in [5.74, 6) is 1.10. The number of nitro benzene ring substituents is 1. The van der Waals surface area contributed by atoms with E-state index in [1.54, 1.807) is 31.4 Å². The predicted molar refractivity (Wildman–Crippen MR) is 89.6 cm³/mol. The van der Waals surface area contributed by atoms with Crippen molar-refractivity contribution >= 4 is 17.3 Å². The number of non-ortho nitro benzene ring substituents is 1. The summed E-state index contributed by atoms with van der Waals surface area (Å²) in [7, 11) is 1.57. The van der Waals surface area contributed by atoms with Gasteiger partial charge in [0.25, 0.3) is 5.69 Å². The predicted octanol–water partition coefficient (Wildman–Crippen LogP) is 3.87. The monoisotopic (exact) mass is 336 g/mol. The van der Waals surface area contributed by atoms with Crippen LogP contribution in [-0.2, 0) is 0 Å². The maximum atomic E-state index is 10.7. The van der Waals surface area contributed by atoms with Crippen LogP contribution in [0.4, 0.5) is 17.3 Å². The summed E-state index contributed by atoms with van der Waals surface area (Å²) in [6.07, 6.45) is 0. The van der Waals surface area contributed by atoms with Crippen molar-refractivity contribution in [3.63, 3.8) is 0 Å². The summed E-state index contributed by atoms with van der Waals surface area (Å²) in [5.41, 5.74) is 1.28. The van der Waals surface area contributed by atoms with Gasteiger partial charge in [-0.15, -0.1) is 0 Å². The van der Waals surface area contributed by atoms with Gasteiger partial charge < -0.3 is 14.5 Å². The molecule has 124 valence electrons. The highest BCUT2D eigenvalue weighted by atomic mass is 16.6. The molecule has 0 saturated heterocycles. The number of nitrogens with zero attached hydrogens (tertiary/aromatic N) is 3. The van der Waals surface area contributed by atoms with E-state index >= 15 is 0 Å². The van der Waals surface area contributed by atoms with Crippen molar-refractivity contribution in [1.29, 1.82) is 5.26 Å². The van der Waals surface area contributed by atoms with Crippen LogP contribution in [0.5, 0.6) is 5.75 Å². The summed E-state index contributed by atoms with van der Waals surface area (Å²) in [4.78, 5) is 14.3. The first-order valence-electron chi connectivity index (χ1n) is 7.17. The summed E-state index contributed by atoms with van der Waals surface area (Å²) in [5, 5.41) is 22.9. The van der Waals surface area contributed by atoms with Gasteiger partial charge in [-0.3, -0.25) is 10.1 Å². The molecule has 1 N–H and O–H groups in total. The Balaban J connectivity index is 1.88. The molecule has 0 aliphatic heterocycles. The minimum Gasteiger partial charge on any atom is -0.497 e. The number of nitriles is 1. The molecular weight excluding hydrogens is 324 g/mol. The molecule has 8 nitrogen and oxygen atoms in total. The average Bonchev–Trinajstić information content (AvgIpc) is 3.05. The molecule has 2 aromatic carbocycles. The van der Waals surface area contributed by atoms with E-state index in [1.807, 2.05) is 6.07 Å². The summed E-state index contributed by atoms with van der Waals surface area (Å²) in [6.45, 7) is 0. The molecule has 8 heteroatoms. The van der Waals surface area contributed by atoms with Crippen molar-refractivity contribution < 1.29 is 14.1 Å². The third kappa shape index (κ3) is 3.40. The molecule has 0 bridgehead atoms. The zero-order valence-corrected chi connectivity index (χ0v) is 13.1. The van der Waals surface area contributed by atoms with Crippen molar-refractivity contribution in [2.45, 2.75) is 0 Å². The Bertz CT molecular complexity index is 940. The molecule has 0 atom stereocenters. The molecule has 1 heterocycles. The SMILES string of the molecule is COc1ccc(Nc2oc(-c3ccc([N+](=O)[O-])cc3)nc2C#N)cc1. The van der Waals surface area contributed by atoms with Crippen molar-refractivity contribution in [3.05, 3.63) is 64.3 Å². The Morgan fingerprint density at radius 2 is 1.88 bits per heavy atom. The smallest absolute Gasteiger partial charge is 0.269 e. The lowest BCUT2D eigenvalue weighted by Crippen LogP contribution is -1.91. The Kier molecular flexibility index (Phi) is 4.30. The van der Waals surface area contributed by atoms with Gasteiger partial charge in [0.05, 0.1) is 12.0 Å². The lowest BCUT2D eigenvalue weighted by molar-refractivity contribution is -0.384. The van der Waals surface area contributed by atoms with Crippen LogP contribution in [0.2, 0.25) is 0 Å². The van der Waals surface area contributed by atoms with Crippen LogP contribution in [-0.4, -0.2) is 17.0 Å². The normalized spacial score (nSPS) is 10.1. The number of nitro groups is 1. The van der Waals surface area contributed by atoms with Crippen LogP contribution < -0.4 is 10.1 Å². The van der Waals surface area contributed by atoms with E-state index in [0.29, 0.717) is 17.0 Å². The summed E-state index contributed by atoms with van der Waals surface area (Å²) in [6, 6.07) is 14.8. The van der Waals surface area contributed by atoms with E-state index < -0.39 is 4.92 Å². The van der Waals surface area contributed by atoms with Gasteiger partial charge in [-0.1, -0.05) is 0 Å². The minimum atomic E-state index is -0.489. The topological polar surface area (TPSA) is 114 Å². The molecule has 1 aromatic heterocycles. The van der Waals surface area contributed by atoms with Crippen molar-refractivity contribution in [1.82, 2.24) is 4.98 Å². The highest BCUT2D eigenvalue weighted by Crippen LogP contribution is 2.29. The van der Waals surface area contributed by atoms with Gasteiger partial charge in [-0.05, 0) is 36.4 Å². The van der Waals surface area contributed by atoms with E-state index in [-0.39, 0.29) is 23.2 Å². The number of oxazole rings is 1. The third-order valence-corrected chi connectivity index (χ3v) is 3.41. The summed E-state index contributed by atoms with van der Waals surface area (Å²) < 4.78 is 10.7. The maximum absolute atomic E-state index is 10.7. The zero-order chi connectivity index (χ0) is 17.8.